The molecule has 0 radical (unpaired) electrons. The first-order valence-corrected chi connectivity index (χ1v) is 7.31. The second kappa shape index (κ2) is 3.11. The van der Waals surface area contributed by atoms with Crippen LogP contribution in [0.15, 0.2) is 23.3 Å². The van der Waals surface area contributed by atoms with Gasteiger partial charge in [0.1, 0.15) is 11.2 Å². The van der Waals surface area contributed by atoms with Gasteiger partial charge in [-0.15, -0.1) is 0 Å². The van der Waals surface area contributed by atoms with Crippen LogP contribution in [0.2, 0.25) is 0 Å². The summed E-state index contributed by atoms with van der Waals surface area (Å²) in [5, 5.41) is 0. The van der Waals surface area contributed by atoms with Gasteiger partial charge in [0.15, 0.2) is 0 Å². The van der Waals surface area contributed by atoms with Gasteiger partial charge in [0.2, 0.25) is 5.56 Å². The number of nitrogens with one attached hydrogen (secondary N) is 1. The molecule has 19 heavy (non-hydrogen) atoms. The number of nitrogens with zero attached hydrogens (tertiary/aromatic N) is 2. The summed E-state index contributed by atoms with van der Waals surface area (Å²) in [6.45, 7) is 0. The van der Waals surface area contributed by atoms with Crippen LogP contribution in [0.3, 0.4) is 0 Å². The van der Waals surface area contributed by atoms with E-state index < -0.39 is 0 Å². The maximum atomic E-state index is 11.6. The lowest BCUT2D eigenvalue weighted by Gasteiger charge is -2.34. The molecule has 4 saturated carbocycles. The Morgan fingerprint density at radius 3 is 2.79 bits per heavy atom. The third-order valence-corrected chi connectivity index (χ3v) is 5.86. The van der Waals surface area contributed by atoms with Gasteiger partial charge in [-0.25, -0.2) is 4.98 Å². The first kappa shape index (κ1) is 10.2. The highest BCUT2D eigenvalue weighted by Gasteiger charge is 2.59. The van der Waals surface area contributed by atoms with Crippen molar-refractivity contribution in [2.75, 3.05) is 0 Å². The Balaban J connectivity index is 1.77. The van der Waals surface area contributed by atoms with Gasteiger partial charge < -0.3 is 9.55 Å². The number of aromatic amines is 1. The lowest BCUT2D eigenvalue weighted by molar-refractivity contribution is 0.208. The molecule has 4 fully saturated rings. The van der Waals surface area contributed by atoms with Gasteiger partial charge in [-0.1, -0.05) is 0 Å². The molecule has 0 aromatic carbocycles. The summed E-state index contributed by atoms with van der Waals surface area (Å²) in [5.74, 6) is 2.62. The van der Waals surface area contributed by atoms with Crippen LogP contribution in [0.1, 0.15) is 32.1 Å². The summed E-state index contributed by atoms with van der Waals surface area (Å²) in [7, 11) is 0. The Bertz CT molecular complexity index is 714. The van der Waals surface area contributed by atoms with Crippen molar-refractivity contribution >= 4 is 11.2 Å². The Hall–Kier alpha value is -1.58. The van der Waals surface area contributed by atoms with Crippen molar-refractivity contribution in [1.82, 2.24) is 14.5 Å². The molecule has 4 bridgehead atoms. The van der Waals surface area contributed by atoms with E-state index in [0.717, 1.165) is 28.9 Å². The largest absolute Gasteiger partial charge is 0.310 e. The number of H-pyrrole nitrogens is 1. The second-order valence-electron chi connectivity index (χ2n) is 6.82. The van der Waals surface area contributed by atoms with Gasteiger partial charge in [-0.3, -0.25) is 4.79 Å². The SMILES string of the molecule is O=c1ccc2ncn(C34CC5CC(CC3C5)C4)c2[nH]1. The van der Waals surface area contributed by atoms with Gasteiger partial charge in [0.25, 0.3) is 0 Å². The number of rotatable bonds is 1. The Kier molecular flexibility index (Phi) is 1.68. The van der Waals surface area contributed by atoms with Crippen molar-refractivity contribution in [2.24, 2.45) is 17.8 Å². The molecular weight excluding hydrogens is 238 g/mol. The zero-order chi connectivity index (χ0) is 12.6. The van der Waals surface area contributed by atoms with E-state index in [4.69, 9.17) is 0 Å². The van der Waals surface area contributed by atoms with Crippen LogP contribution in [-0.4, -0.2) is 14.5 Å². The van der Waals surface area contributed by atoms with E-state index in [1.54, 1.807) is 6.07 Å². The average molecular weight is 255 g/mol. The van der Waals surface area contributed by atoms with E-state index >= 15 is 0 Å². The number of pyridine rings is 1. The fraction of sp³-hybridized carbons (Fsp3) is 0.600. The lowest BCUT2D eigenvalue weighted by atomic mass is 9.80. The molecule has 4 heteroatoms. The minimum absolute atomic E-state index is 0.0247. The van der Waals surface area contributed by atoms with Crippen molar-refractivity contribution < 1.29 is 0 Å². The molecule has 0 saturated heterocycles. The molecule has 4 nitrogen and oxygen atoms in total. The van der Waals surface area contributed by atoms with E-state index in [2.05, 4.69) is 14.5 Å². The minimum atomic E-state index is -0.0247. The fourth-order valence-corrected chi connectivity index (χ4v) is 5.41. The smallest absolute Gasteiger partial charge is 0.249 e. The van der Waals surface area contributed by atoms with E-state index in [9.17, 15) is 4.79 Å². The van der Waals surface area contributed by atoms with Crippen molar-refractivity contribution in [1.29, 1.82) is 0 Å². The third kappa shape index (κ3) is 1.15. The molecule has 6 rings (SSSR count). The summed E-state index contributed by atoms with van der Waals surface area (Å²) >= 11 is 0. The highest BCUT2D eigenvalue weighted by molar-refractivity contribution is 5.70. The molecule has 0 amide bonds. The van der Waals surface area contributed by atoms with Gasteiger partial charge in [-0.2, -0.15) is 0 Å². The number of aromatic nitrogens is 3. The van der Waals surface area contributed by atoms with Gasteiger partial charge in [-0.05, 0) is 55.9 Å². The second-order valence-corrected chi connectivity index (χ2v) is 6.82. The van der Waals surface area contributed by atoms with Crippen LogP contribution in [0.4, 0.5) is 0 Å². The highest BCUT2D eigenvalue weighted by atomic mass is 16.1. The van der Waals surface area contributed by atoms with Crippen molar-refractivity contribution in [3.63, 3.8) is 0 Å². The standard InChI is InChI=1S/C15H17N3O/c19-13-2-1-12-14(17-13)18(8-16-12)15-6-9-3-10(7-15)5-11(15)4-9/h1-2,8-11H,3-7H2,(H,17,19). The molecule has 2 atom stereocenters. The Morgan fingerprint density at radius 2 is 2.00 bits per heavy atom. The van der Waals surface area contributed by atoms with Gasteiger partial charge in [0, 0.05) is 6.07 Å². The number of hydrogen-bond donors (Lipinski definition) is 1. The molecule has 2 unspecified atom stereocenters. The zero-order valence-electron chi connectivity index (χ0n) is 10.8. The van der Waals surface area contributed by atoms with Crippen LogP contribution < -0.4 is 5.56 Å². The first-order chi connectivity index (χ1) is 9.24. The minimum Gasteiger partial charge on any atom is -0.310 e. The molecule has 1 N–H and O–H groups in total. The Labute approximate surface area is 110 Å². The van der Waals surface area contributed by atoms with Gasteiger partial charge in [0.05, 0.1) is 11.9 Å². The predicted molar refractivity (Wildman–Crippen MR) is 71.9 cm³/mol. The maximum absolute atomic E-state index is 11.6. The normalized spacial score (nSPS) is 39.5. The van der Waals surface area contributed by atoms with Crippen molar-refractivity contribution in [3.05, 3.63) is 28.8 Å². The van der Waals surface area contributed by atoms with Crippen LogP contribution in [0.25, 0.3) is 11.2 Å². The number of imidazole rings is 1. The average Bonchev–Trinajstić information content (AvgIpc) is 2.97. The molecule has 0 aliphatic heterocycles. The van der Waals surface area contributed by atoms with Crippen molar-refractivity contribution in [3.8, 4) is 0 Å². The molecule has 2 aromatic heterocycles. The summed E-state index contributed by atoms with van der Waals surface area (Å²) in [4.78, 5) is 19.1. The molecular formula is C15H17N3O. The van der Waals surface area contributed by atoms with Crippen LogP contribution >= 0.6 is 0 Å². The fourth-order valence-electron chi connectivity index (χ4n) is 5.41. The van der Waals surface area contributed by atoms with E-state index in [1.165, 1.54) is 32.1 Å². The summed E-state index contributed by atoms with van der Waals surface area (Å²) in [5.41, 5.74) is 2.08. The molecule has 2 heterocycles. The third-order valence-electron chi connectivity index (χ3n) is 5.86. The molecule has 98 valence electrons. The predicted octanol–water partition coefficient (Wildman–Crippen LogP) is 2.26. The quantitative estimate of drug-likeness (QED) is 0.849. The molecule has 4 aliphatic carbocycles. The zero-order valence-corrected chi connectivity index (χ0v) is 10.8. The summed E-state index contributed by atoms with van der Waals surface area (Å²) in [6, 6.07) is 3.40. The first-order valence-electron chi connectivity index (χ1n) is 7.31. The van der Waals surface area contributed by atoms with E-state index in [-0.39, 0.29) is 11.1 Å². The number of fused-ring (bicyclic) bond motifs is 1. The maximum Gasteiger partial charge on any atom is 0.249 e. The summed E-state index contributed by atoms with van der Waals surface area (Å²) < 4.78 is 2.31. The van der Waals surface area contributed by atoms with Crippen LogP contribution in [0.5, 0.6) is 0 Å². The number of hydrogen-bond acceptors (Lipinski definition) is 2. The van der Waals surface area contributed by atoms with Gasteiger partial charge >= 0.3 is 0 Å². The summed E-state index contributed by atoms with van der Waals surface area (Å²) in [6.07, 6.45) is 8.73. The van der Waals surface area contributed by atoms with E-state index in [1.807, 2.05) is 12.4 Å². The highest BCUT2D eigenvalue weighted by Crippen LogP contribution is 2.64. The monoisotopic (exact) mass is 255 g/mol. The Morgan fingerprint density at radius 1 is 1.21 bits per heavy atom. The molecule has 4 aliphatic rings. The topological polar surface area (TPSA) is 50.7 Å². The molecule has 0 spiro atoms. The van der Waals surface area contributed by atoms with E-state index in [0.29, 0.717) is 0 Å². The molecule has 2 aromatic rings. The van der Waals surface area contributed by atoms with Crippen molar-refractivity contribution in [2.45, 2.75) is 37.6 Å². The van der Waals surface area contributed by atoms with Crippen LogP contribution in [-0.2, 0) is 5.54 Å². The van der Waals surface area contributed by atoms with Crippen LogP contribution in [0, 0.1) is 17.8 Å². The lowest BCUT2D eigenvalue weighted by Crippen LogP contribution is -2.35.